The first-order valence-electron chi connectivity index (χ1n) is 4.14. The van der Waals surface area contributed by atoms with Gasteiger partial charge in [-0.3, -0.25) is 9.59 Å². The van der Waals surface area contributed by atoms with Crippen LogP contribution in [0.2, 0.25) is 0 Å². The summed E-state index contributed by atoms with van der Waals surface area (Å²) in [7, 11) is 0. The van der Waals surface area contributed by atoms with E-state index in [0.717, 1.165) is 0 Å². The van der Waals surface area contributed by atoms with Crippen LogP contribution in [0.1, 0.15) is 20.8 Å². The third-order valence-corrected chi connectivity index (χ3v) is 3.07. The van der Waals surface area contributed by atoms with Crippen molar-refractivity contribution in [1.82, 2.24) is 5.32 Å². The average Bonchev–Trinajstić information content (AvgIpc) is 2.01. The summed E-state index contributed by atoms with van der Waals surface area (Å²) in [6.07, 6.45) is 0. The summed E-state index contributed by atoms with van der Waals surface area (Å²) in [6, 6.07) is -0.943. The van der Waals surface area contributed by atoms with E-state index in [2.05, 4.69) is 5.32 Å². The standard InChI is InChI=1S/C8H16N2O3S/c1-5(11)10-4-14-8(2,3)6(9)7(12)13/h6H,4,9H2,1-3H3,(H,10,11)(H,12,13). The van der Waals surface area contributed by atoms with Crippen LogP contribution >= 0.6 is 11.8 Å². The molecule has 0 aliphatic carbocycles. The van der Waals surface area contributed by atoms with Crippen molar-refractivity contribution < 1.29 is 14.7 Å². The van der Waals surface area contributed by atoms with E-state index in [1.54, 1.807) is 13.8 Å². The second-order valence-electron chi connectivity index (χ2n) is 3.44. The highest BCUT2D eigenvalue weighted by Gasteiger charge is 2.32. The van der Waals surface area contributed by atoms with Crippen LogP contribution in [-0.2, 0) is 9.59 Å². The third kappa shape index (κ3) is 4.48. The van der Waals surface area contributed by atoms with Crippen molar-refractivity contribution in [2.75, 3.05) is 5.88 Å². The Labute approximate surface area is 87.4 Å². The molecule has 0 fully saturated rings. The number of rotatable bonds is 5. The number of hydrogen-bond acceptors (Lipinski definition) is 4. The van der Waals surface area contributed by atoms with Crippen LogP contribution in [0.15, 0.2) is 0 Å². The van der Waals surface area contributed by atoms with Gasteiger partial charge in [0.2, 0.25) is 5.91 Å². The van der Waals surface area contributed by atoms with Gasteiger partial charge in [-0.2, -0.15) is 0 Å². The average molecular weight is 220 g/mol. The molecule has 0 bridgehead atoms. The van der Waals surface area contributed by atoms with Gasteiger partial charge in [-0.05, 0) is 13.8 Å². The molecule has 0 aliphatic rings. The Hall–Kier alpha value is -0.750. The fraction of sp³-hybridized carbons (Fsp3) is 0.750. The maximum Gasteiger partial charge on any atom is 0.321 e. The summed E-state index contributed by atoms with van der Waals surface area (Å²) in [5.41, 5.74) is 5.48. The Bertz CT molecular complexity index is 231. The first kappa shape index (κ1) is 13.2. The molecule has 0 saturated heterocycles. The number of nitrogens with one attached hydrogen (secondary N) is 1. The van der Waals surface area contributed by atoms with Crippen LogP contribution in [0.4, 0.5) is 0 Å². The fourth-order valence-corrected chi connectivity index (χ4v) is 1.64. The second kappa shape index (κ2) is 5.21. The molecule has 0 heterocycles. The summed E-state index contributed by atoms with van der Waals surface area (Å²) in [4.78, 5) is 21.2. The lowest BCUT2D eigenvalue weighted by Crippen LogP contribution is -2.47. The summed E-state index contributed by atoms with van der Waals surface area (Å²) < 4.78 is -0.603. The van der Waals surface area contributed by atoms with E-state index in [9.17, 15) is 9.59 Å². The van der Waals surface area contributed by atoms with Crippen LogP contribution in [0.25, 0.3) is 0 Å². The molecule has 1 amide bonds. The summed E-state index contributed by atoms with van der Waals surface area (Å²) >= 11 is 1.31. The lowest BCUT2D eigenvalue weighted by molar-refractivity contribution is -0.139. The minimum absolute atomic E-state index is 0.141. The molecule has 0 saturated carbocycles. The van der Waals surface area contributed by atoms with Crippen molar-refractivity contribution in [2.45, 2.75) is 31.6 Å². The maximum absolute atomic E-state index is 10.6. The van der Waals surface area contributed by atoms with Crippen LogP contribution in [-0.4, -0.2) is 33.6 Å². The Balaban J connectivity index is 4.06. The van der Waals surface area contributed by atoms with Crippen LogP contribution < -0.4 is 11.1 Å². The van der Waals surface area contributed by atoms with Gasteiger partial charge >= 0.3 is 5.97 Å². The highest BCUT2D eigenvalue weighted by atomic mass is 32.2. The smallest absolute Gasteiger partial charge is 0.321 e. The lowest BCUT2D eigenvalue weighted by Gasteiger charge is -2.27. The van der Waals surface area contributed by atoms with Gasteiger partial charge in [0.25, 0.3) is 0 Å². The van der Waals surface area contributed by atoms with Crippen molar-refractivity contribution in [3.8, 4) is 0 Å². The Morgan fingerprint density at radius 1 is 1.57 bits per heavy atom. The van der Waals surface area contributed by atoms with E-state index < -0.39 is 16.8 Å². The minimum Gasteiger partial charge on any atom is -0.480 e. The first-order chi connectivity index (χ1) is 6.27. The van der Waals surface area contributed by atoms with Gasteiger partial charge in [0.05, 0.1) is 5.88 Å². The zero-order valence-corrected chi connectivity index (χ0v) is 9.35. The van der Waals surface area contributed by atoms with E-state index in [1.807, 2.05) is 0 Å². The van der Waals surface area contributed by atoms with E-state index >= 15 is 0 Å². The quantitative estimate of drug-likeness (QED) is 0.567. The van der Waals surface area contributed by atoms with Gasteiger partial charge in [-0.25, -0.2) is 0 Å². The van der Waals surface area contributed by atoms with E-state index in [-0.39, 0.29) is 5.91 Å². The number of thioether (sulfide) groups is 1. The number of carbonyl (C=O) groups is 2. The molecule has 14 heavy (non-hydrogen) atoms. The largest absolute Gasteiger partial charge is 0.480 e. The minimum atomic E-state index is -1.04. The van der Waals surface area contributed by atoms with Gasteiger partial charge in [-0.1, -0.05) is 0 Å². The number of aliphatic carboxylic acids is 1. The van der Waals surface area contributed by atoms with E-state index in [0.29, 0.717) is 5.88 Å². The monoisotopic (exact) mass is 220 g/mol. The second-order valence-corrected chi connectivity index (χ2v) is 5.07. The van der Waals surface area contributed by atoms with Crippen molar-refractivity contribution in [3.63, 3.8) is 0 Å². The molecule has 0 aliphatic heterocycles. The summed E-state index contributed by atoms with van der Waals surface area (Å²) in [6.45, 7) is 4.88. The van der Waals surface area contributed by atoms with Crippen LogP contribution in [0, 0.1) is 0 Å². The molecule has 4 N–H and O–H groups in total. The van der Waals surface area contributed by atoms with E-state index in [1.165, 1.54) is 18.7 Å². The van der Waals surface area contributed by atoms with E-state index in [4.69, 9.17) is 10.8 Å². The van der Waals surface area contributed by atoms with Crippen LogP contribution in [0.3, 0.4) is 0 Å². The molecular weight excluding hydrogens is 204 g/mol. The molecule has 0 radical (unpaired) electrons. The molecule has 0 spiro atoms. The molecule has 0 rings (SSSR count). The highest BCUT2D eigenvalue weighted by molar-refractivity contribution is 8.00. The number of amides is 1. The molecule has 0 aromatic rings. The maximum atomic E-state index is 10.6. The third-order valence-electron chi connectivity index (χ3n) is 1.78. The predicted molar refractivity (Wildman–Crippen MR) is 56.0 cm³/mol. The van der Waals surface area contributed by atoms with Gasteiger partial charge in [0.1, 0.15) is 6.04 Å². The molecule has 1 unspecified atom stereocenters. The van der Waals surface area contributed by atoms with Crippen molar-refractivity contribution in [3.05, 3.63) is 0 Å². The normalized spacial score (nSPS) is 13.4. The number of carbonyl (C=O) groups excluding carboxylic acids is 1. The predicted octanol–water partition coefficient (Wildman–Crippen LogP) is 0.00370. The van der Waals surface area contributed by atoms with Gasteiger partial charge in [0, 0.05) is 11.7 Å². The van der Waals surface area contributed by atoms with Crippen molar-refractivity contribution in [2.24, 2.45) is 5.73 Å². The number of carboxylic acid groups (broad SMARTS) is 1. The molecule has 0 aromatic carbocycles. The SMILES string of the molecule is CC(=O)NCSC(C)(C)C(N)C(=O)O. The number of carboxylic acids is 1. The summed E-state index contributed by atoms with van der Waals surface area (Å²) in [5.74, 6) is -0.814. The topological polar surface area (TPSA) is 92.4 Å². The van der Waals surface area contributed by atoms with Gasteiger partial charge < -0.3 is 16.2 Å². The zero-order chi connectivity index (χ0) is 11.4. The zero-order valence-electron chi connectivity index (χ0n) is 8.53. The van der Waals surface area contributed by atoms with Gasteiger partial charge in [0.15, 0.2) is 0 Å². The Kier molecular flexibility index (Phi) is 4.93. The van der Waals surface area contributed by atoms with Gasteiger partial charge in [-0.15, -0.1) is 11.8 Å². The Morgan fingerprint density at radius 2 is 2.07 bits per heavy atom. The lowest BCUT2D eigenvalue weighted by atomic mass is 10.1. The molecule has 82 valence electrons. The van der Waals surface area contributed by atoms with Crippen LogP contribution in [0.5, 0.6) is 0 Å². The molecule has 5 nitrogen and oxygen atoms in total. The number of nitrogens with two attached hydrogens (primary N) is 1. The van der Waals surface area contributed by atoms with Crippen molar-refractivity contribution >= 4 is 23.6 Å². The summed E-state index contributed by atoms with van der Waals surface area (Å²) in [5, 5.41) is 11.3. The number of hydrogen-bond donors (Lipinski definition) is 3. The molecular formula is C8H16N2O3S. The van der Waals surface area contributed by atoms with Crippen molar-refractivity contribution in [1.29, 1.82) is 0 Å². The molecule has 0 aromatic heterocycles. The molecule has 6 heteroatoms. The fourth-order valence-electron chi connectivity index (χ4n) is 0.711. The first-order valence-corrected chi connectivity index (χ1v) is 5.12. The Morgan fingerprint density at radius 3 is 2.43 bits per heavy atom. The molecule has 1 atom stereocenters. The highest BCUT2D eigenvalue weighted by Crippen LogP contribution is 2.26.